The first-order valence-corrected chi connectivity index (χ1v) is 4.87. The van der Waals surface area contributed by atoms with Crippen LogP contribution in [0.2, 0.25) is 5.15 Å². The molecule has 1 aromatic heterocycles. The van der Waals surface area contributed by atoms with E-state index in [0.29, 0.717) is 5.92 Å². The molecule has 5 heteroatoms. The fourth-order valence-electron chi connectivity index (χ4n) is 1.51. The van der Waals surface area contributed by atoms with Crippen LogP contribution in [0.25, 0.3) is 0 Å². The maximum absolute atomic E-state index is 10.5. The largest absolute Gasteiger partial charge is 0.306 e. The van der Waals surface area contributed by atoms with Gasteiger partial charge in [-0.1, -0.05) is 18.0 Å². The molecule has 0 radical (unpaired) electrons. The first-order chi connectivity index (χ1) is 6.68. The predicted octanol–water partition coefficient (Wildman–Crippen LogP) is 2.91. The van der Waals surface area contributed by atoms with Gasteiger partial charge in [-0.15, -0.1) is 0 Å². The Labute approximate surface area is 86.1 Å². The van der Waals surface area contributed by atoms with Gasteiger partial charge in [-0.25, -0.2) is 4.98 Å². The van der Waals surface area contributed by atoms with Crippen molar-refractivity contribution in [2.24, 2.45) is 0 Å². The summed E-state index contributed by atoms with van der Waals surface area (Å²) in [4.78, 5) is 14.0. The Morgan fingerprint density at radius 3 is 2.64 bits per heavy atom. The van der Waals surface area contributed by atoms with E-state index in [-0.39, 0.29) is 10.8 Å². The molecule has 1 aliphatic carbocycles. The lowest BCUT2D eigenvalue weighted by molar-refractivity contribution is -0.385. The molecule has 74 valence electrons. The molecule has 1 heterocycles. The fourth-order valence-corrected chi connectivity index (χ4v) is 1.74. The second-order valence-electron chi connectivity index (χ2n) is 3.43. The van der Waals surface area contributed by atoms with Crippen molar-refractivity contribution >= 4 is 17.3 Å². The van der Waals surface area contributed by atoms with E-state index in [2.05, 4.69) is 4.98 Å². The van der Waals surface area contributed by atoms with E-state index in [1.807, 2.05) is 0 Å². The zero-order valence-corrected chi connectivity index (χ0v) is 8.20. The van der Waals surface area contributed by atoms with Gasteiger partial charge in [0.15, 0.2) is 0 Å². The number of hydrogen-bond donors (Lipinski definition) is 0. The lowest BCUT2D eigenvalue weighted by Gasteiger charge is -2.24. The van der Waals surface area contributed by atoms with Crippen LogP contribution in [0.4, 0.5) is 5.69 Å². The molecule has 0 aromatic carbocycles. The molecule has 1 fully saturated rings. The Hall–Kier alpha value is -1.16. The van der Waals surface area contributed by atoms with Gasteiger partial charge in [-0.2, -0.15) is 0 Å². The van der Waals surface area contributed by atoms with Gasteiger partial charge in [0.05, 0.1) is 4.92 Å². The van der Waals surface area contributed by atoms with Gasteiger partial charge in [0.25, 0.3) is 0 Å². The minimum Gasteiger partial charge on any atom is -0.258 e. The Kier molecular flexibility index (Phi) is 2.37. The quantitative estimate of drug-likeness (QED) is 0.430. The molecular weight excluding hydrogens is 204 g/mol. The van der Waals surface area contributed by atoms with E-state index in [0.717, 1.165) is 18.5 Å². The van der Waals surface area contributed by atoms with E-state index in [1.54, 1.807) is 6.07 Å². The second kappa shape index (κ2) is 3.53. The maximum atomic E-state index is 10.5. The highest BCUT2D eigenvalue weighted by atomic mass is 35.5. The Morgan fingerprint density at radius 1 is 1.50 bits per heavy atom. The normalized spacial score (nSPS) is 16.4. The zero-order chi connectivity index (χ0) is 10.1. The molecule has 1 aromatic rings. The van der Waals surface area contributed by atoms with Gasteiger partial charge in [-0.3, -0.25) is 10.1 Å². The molecule has 1 aliphatic rings. The molecule has 14 heavy (non-hydrogen) atoms. The molecule has 0 N–H and O–H groups in total. The van der Waals surface area contributed by atoms with Gasteiger partial charge in [0.1, 0.15) is 0 Å². The van der Waals surface area contributed by atoms with Gasteiger partial charge < -0.3 is 0 Å². The summed E-state index contributed by atoms with van der Waals surface area (Å²) in [5, 5.41) is 10.5. The number of aromatic nitrogens is 1. The first-order valence-electron chi connectivity index (χ1n) is 4.49. The van der Waals surface area contributed by atoms with Gasteiger partial charge in [0, 0.05) is 17.7 Å². The van der Waals surface area contributed by atoms with Crippen LogP contribution in [-0.2, 0) is 0 Å². The zero-order valence-electron chi connectivity index (χ0n) is 7.44. The molecule has 0 bridgehead atoms. The average Bonchev–Trinajstić information content (AvgIpc) is 2.00. The summed E-state index contributed by atoms with van der Waals surface area (Å²) >= 11 is 5.70. The summed E-state index contributed by atoms with van der Waals surface area (Å²) in [5.41, 5.74) is 0.765. The van der Waals surface area contributed by atoms with Crippen LogP contribution in [0.1, 0.15) is 30.9 Å². The van der Waals surface area contributed by atoms with Gasteiger partial charge >= 0.3 is 5.69 Å². The van der Waals surface area contributed by atoms with Crippen LogP contribution in [0, 0.1) is 10.1 Å². The van der Waals surface area contributed by atoms with E-state index in [1.165, 1.54) is 12.5 Å². The van der Waals surface area contributed by atoms with Crippen molar-refractivity contribution in [2.45, 2.75) is 25.2 Å². The third-order valence-electron chi connectivity index (χ3n) is 2.57. The highest BCUT2D eigenvalue weighted by Gasteiger charge is 2.23. The van der Waals surface area contributed by atoms with Gasteiger partial charge in [0.2, 0.25) is 5.15 Å². The minimum atomic E-state index is -0.514. The summed E-state index contributed by atoms with van der Waals surface area (Å²) in [7, 11) is 0. The highest BCUT2D eigenvalue weighted by Crippen LogP contribution is 2.36. The van der Waals surface area contributed by atoms with E-state index in [4.69, 9.17) is 11.6 Å². The Balaban J connectivity index is 2.30. The SMILES string of the molecule is O=[N+]([O-])c1ccc(C2CCC2)nc1Cl. The van der Waals surface area contributed by atoms with Gasteiger partial charge in [-0.05, 0) is 18.9 Å². The van der Waals surface area contributed by atoms with Crippen LogP contribution in [0.3, 0.4) is 0 Å². The minimum absolute atomic E-state index is 0.000556. The summed E-state index contributed by atoms with van der Waals surface area (Å²) < 4.78 is 0. The molecule has 2 rings (SSSR count). The number of rotatable bonds is 2. The molecule has 0 saturated heterocycles. The third-order valence-corrected chi connectivity index (χ3v) is 2.85. The molecule has 1 saturated carbocycles. The number of hydrogen-bond acceptors (Lipinski definition) is 3. The number of nitrogens with zero attached hydrogens (tertiary/aromatic N) is 2. The molecule has 0 amide bonds. The maximum Gasteiger partial charge on any atom is 0.306 e. The van der Waals surface area contributed by atoms with Crippen molar-refractivity contribution in [3.8, 4) is 0 Å². The molecule has 0 spiro atoms. The van der Waals surface area contributed by atoms with Crippen LogP contribution < -0.4 is 0 Å². The predicted molar refractivity (Wildman–Crippen MR) is 52.5 cm³/mol. The monoisotopic (exact) mass is 212 g/mol. The van der Waals surface area contributed by atoms with Crippen molar-refractivity contribution in [1.29, 1.82) is 0 Å². The molecule has 4 nitrogen and oxygen atoms in total. The molecular formula is C9H9ClN2O2. The van der Waals surface area contributed by atoms with Crippen LogP contribution in [0.5, 0.6) is 0 Å². The fraction of sp³-hybridized carbons (Fsp3) is 0.444. The van der Waals surface area contributed by atoms with Crippen LogP contribution >= 0.6 is 11.6 Å². The summed E-state index contributed by atoms with van der Waals surface area (Å²) in [6.45, 7) is 0. The van der Waals surface area contributed by atoms with E-state index >= 15 is 0 Å². The van der Waals surface area contributed by atoms with Crippen LogP contribution in [0.15, 0.2) is 12.1 Å². The third kappa shape index (κ3) is 1.57. The standard InChI is InChI=1S/C9H9ClN2O2/c10-9-8(12(13)14)5-4-7(11-9)6-2-1-3-6/h4-6H,1-3H2. The summed E-state index contributed by atoms with van der Waals surface area (Å²) in [6, 6.07) is 3.14. The lowest BCUT2D eigenvalue weighted by Crippen LogP contribution is -2.10. The van der Waals surface area contributed by atoms with Crippen molar-refractivity contribution in [2.75, 3.05) is 0 Å². The van der Waals surface area contributed by atoms with E-state index < -0.39 is 4.92 Å². The first kappa shape index (κ1) is 9.40. The van der Waals surface area contributed by atoms with Crippen molar-refractivity contribution in [3.05, 3.63) is 33.1 Å². The number of pyridine rings is 1. The Bertz CT molecular complexity index is 377. The molecule has 0 unspecified atom stereocenters. The lowest BCUT2D eigenvalue weighted by atomic mass is 9.83. The number of nitro groups is 1. The Morgan fingerprint density at radius 2 is 2.21 bits per heavy atom. The smallest absolute Gasteiger partial charge is 0.258 e. The molecule has 0 aliphatic heterocycles. The highest BCUT2D eigenvalue weighted by molar-refractivity contribution is 6.31. The second-order valence-corrected chi connectivity index (χ2v) is 3.79. The molecule has 0 atom stereocenters. The summed E-state index contributed by atoms with van der Waals surface area (Å²) in [6.07, 6.45) is 3.43. The van der Waals surface area contributed by atoms with E-state index in [9.17, 15) is 10.1 Å². The van der Waals surface area contributed by atoms with Crippen molar-refractivity contribution < 1.29 is 4.92 Å². The van der Waals surface area contributed by atoms with Crippen molar-refractivity contribution in [1.82, 2.24) is 4.98 Å². The summed E-state index contributed by atoms with van der Waals surface area (Å²) in [5.74, 6) is 0.452. The van der Waals surface area contributed by atoms with Crippen LogP contribution in [-0.4, -0.2) is 9.91 Å². The number of halogens is 1. The van der Waals surface area contributed by atoms with Crippen molar-refractivity contribution in [3.63, 3.8) is 0 Å². The topological polar surface area (TPSA) is 56.0 Å². The average molecular weight is 213 g/mol.